The number of hydrogen-bond donors (Lipinski definition) is 1. The topological polar surface area (TPSA) is 63.6 Å². The largest absolute Gasteiger partial charge is 0.310 e. The van der Waals surface area contributed by atoms with Gasteiger partial charge in [0.25, 0.3) is 0 Å². The highest BCUT2D eigenvalue weighted by Gasteiger charge is 2.03. The van der Waals surface area contributed by atoms with Crippen LogP contribution in [0.2, 0.25) is 0 Å². The average Bonchev–Trinajstić information content (AvgIpc) is 2.38. The Kier molecular flexibility index (Phi) is 3.72. The highest BCUT2D eigenvalue weighted by atomic mass is 15.0. The lowest BCUT2D eigenvalue weighted by Crippen LogP contribution is -2.22. The zero-order chi connectivity index (χ0) is 12.1. The van der Waals surface area contributed by atoms with Crippen molar-refractivity contribution in [3.8, 4) is 11.6 Å². The van der Waals surface area contributed by atoms with Gasteiger partial charge in [0.2, 0.25) is 0 Å². The van der Waals surface area contributed by atoms with Crippen molar-refractivity contribution >= 4 is 0 Å². The van der Waals surface area contributed by atoms with Gasteiger partial charge in [0.15, 0.2) is 11.6 Å². The van der Waals surface area contributed by atoms with Gasteiger partial charge in [-0.05, 0) is 6.07 Å². The van der Waals surface area contributed by atoms with Crippen LogP contribution in [0.3, 0.4) is 0 Å². The molecule has 0 radical (unpaired) electrons. The Morgan fingerprint density at radius 3 is 2.18 bits per heavy atom. The van der Waals surface area contributed by atoms with Gasteiger partial charge < -0.3 is 5.32 Å². The second kappa shape index (κ2) is 5.45. The van der Waals surface area contributed by atoms with E-state index < -0.39 is 0 Å². The fourth-order valence-electron chi connectivity index (χ4n) is 1.30. The van der Waals surface area contributed by atoms with Gasteiger partial charge in [-0.25, -0.2) is 19.9 Å². The number of hydrogen-bond acceptors (Lipinski definition) is 5. The van der Waals surface area contributed by atoms with Crippen LogP contribution in [-0.4, -0.2) is 26.0 Å². The van der Waals surface area contributed by atoms with Gasteiger partial charge in [-0.1, -0.05) is 13.8 Å². The standard InChI is InChI=1S/C12H15N5/c1-9(2)15-6-10-7-16-12(17-8-10)11-13-4-3-5-14-11/h3-5,7-9,15H,6H2,1-2H3. The molecule has 5 heteroatoms. The third kappa shape index (κ3) is 3.29. The minimum Gasteiger partial charge on any atom is -0.310 e. The molecule has 2 aromatic heterocycles. The van der Waals surface area contributed by atoms with E-state index in [1.165, 1.54) is 0 Å². The van der Waals surface area contributed by atoms with E-state index in [1.54, 1.807) is 30.9 Å². The quantitative estimate of drug-likeness (QED) is 0.859. The van der Waals surface area contributed by atoms with Crippen LogP contribution in [-0.2, 0) is 6.54 Å². The summed E-state index contributed by atoms with van der Waals surface area (Å²) in [6.07, 6.45) is 6.96. The second-order valence-corrected chi connectivity index (χ2v) is 4.02. The van der Waals surface area contributed by atoms with Crippen LogP contribution in [0.15, 0.2) is 30.9 Å². The van der Waals surface area contributed by atoms with Crippen molar-refractivity contribution in [1.82, 2.24) is 25.3 Å². The highest BCUT2D eigenvalue weighted by molar-refractivity contribution is 5.41. The van der Waals surface area contributed by atoms with E-state index in [-0.39, 0.29) is 0 Å². The first-order chi connectivity index (χ1) is 8.25. The molecule has 2 rings (SSSR count). The highest BCUT2D eigenvalue weighted by Crippen LogP contribution is 2.06. The van der Waals surface area contributed by atoms with Crippen LogP contribution >= 0.6 is 0 Å². The average molecular weight is 229 g/mol. The van der Waals surface area contributed by atoms with Crippen molar-refractivity contribution < 1.29 is 0 Å². The molecule has 0 fully saturated rings. The lowest BCUT2D eigenvalue weighted by molar-refractivity contribution is 0.587. The molecule has 0 aromatic carbocycles. The van der Waals surface area contributed by atoms with E-state index in [9.17, 15) is 0 Å². The predicted octanol–water partition coefficient (Wildman–Crippen LogP) is 1.43. The lowest BCUT2D eigenvalue weighted by atomic mass is 10.3. The fourth-order valence-corrected chi connectivity index (χ4v) is 1.30. The van der Waals surface area contributed by atoms with Crippen molar-refractivity contribution in [1.29, 1.82) is 0 Å². The Balaban J connectivity index is 2.08. The van der Waals surface area contributed by atoms with Gasteiger partial charge in [-0.15, -0.1) is 0 Å². The summed E-state index contributed by atoms with van der Waals surface area (Å²) in [5.74, 6) is 1.11. The Labute approximate surface area is 100 Å². The van der Waals surface area contributed by atoms with Crippen molar-refractivity contribution in [2.24, 2.45) is 0 Å². The number of aromatic nitrogens is 4. The first kappa shape index (κ1) is 11.6. The summed E-state index contributed by atoms with van der Waals surface area (Å²) < 4.78 is 0. The molecule has 17 heavy (non-hydrogen) atoms. The van der Waals surface area contributed by atoms with Crippen LogP contribution in [0.25, 0.3) is 11.6 Å². The zero-order valence-corrected chi connectivity index (χ0v) is 9.96. The van der Waals surface area contributed by atoms with Crippen LogP contribution in [0.5, 0.6) is 0 Å². The Bertz CT molecular complexity index is 452. The Morgan fingerprint density at radius 2 is 1.59 bits per heavy atom. The first-order valence-electron chi connectivity index (χ1n) is 5.57. The molecule has 0 saturated heterocycles. The molecule has 0 spiro atoms. The normalized spacial score (nSPS) is 10.8. The molecule has 5 nitrogen and oxygen atoms in total. The Hall–Kier alpha value is -1.88. The SMILES string of the molecule is CC(C)NCc1cnc(-c2ncccn2)nc1. The molecular weight excluding hydrogens is 214 g/mol. The minimum absolute atomic E-state index is 0.451. The fraction of sp³-hybridized carbons (Fsp3) is 0.333. The van der Waals surface area contributed by atoms with E-state index in [4.69, 9.17) is 0 Å². The van der Waals surface area contributed by atoms with Gasteiger partial charge >= 0.3 is 0 Å². The smallest absolute Gasteiger partial charge is 0.197 e. The maximum absolute atomic E-state index is 4.25. The summed E-state index contributed by atoms with van der Waals surface area (Å²) in [6, 6.07) is 2.22. The van der Waals surface area contributed by atoms with E-state index in [0.717, 1.165) is 12.1 Å². The van der Waals surface area contributed by atoms with Crippen molar-refractivity contribution in [2.45, 2.75) is 26.4 Å². The van der Waals surface area contributed by atoms with Gasteiger partial charge in [0.1, 0.15) is 0 Å². The lowest BCUT2D eigenvalue weighted by Gasteiger charge is -2.07. The van der Waals surface area contributed by atoms with Crippen molar-refractivity contribution in [3.05, 3.63) is 36.4 Å². The van der Waals surface area contributed by atoms with E-state index >= 15 is 0 Å². The van der Waals surface area contributed by atoms with E-state index in [2.05, 4.69) is 39.1 Å². The third-order valence-electron chi connectivity index (χ3n) is 2.19. The van der Waals surface area contributed by atoms with Gasteiger partial charge in [-0.3, -0.25) is 0 Å². The van der Waals surface area contributed by atoms with Crippen LogP contribution < -0.4 is 5.32 Å². The molecular formula is C12H15N5. The molecule has 0 unspecified atom stereocenters. The summed E-state index contributed by atoms with van der Waals surface area (Å²) in [4.78, 5) is 16.7. The predicted molar refractivity (Wildman–Crippen MR) is 65.0 cm³/mol. The molecule has 2 heterocycles. The van der Waals surface area contributed by atoms with E-state index in [0.29, 0.717) is 17.7 Å². The molecule has 2 aromatic rings. The molecule has 88 valence electrons. The summed E-state index contributed by atoms with van der Waals surface area (Å²) in [6.45, 7) is 4.98. The molecule has 0 aliphatic carbocycles. The van der Waals surface area contributed by atoms with Crippen LogP contribution in [0.1, 0.15) is 19.4 Å². The molecule has 0 atom stereocenters. The summed E-state index contributed by atoms with van der Waals surface area (Å²) in [5, 5.41) is 3.31. The third-order valence-corrected chi connectivity index (χ3v) is 2.19. The van der Waals surface area contributed by atoms with Gasteiger partial charge in [0, 0.05) is 42.9 Å². The maximum Gasteiger partial charge on any atom is 0.197 e. The summed E-state index contributed by atoms with van der Waals surface area (Å²) in [5.41, 5.74) is 1.05. The summed E-state index contributed by atoms with van der Waals surface area (Å²) in [7, 11) is 0. The summed E-state index contributed by atoms with van der Waals surface area (Å²) >= 11 is 0. The number of nitrogens with zero attached hydrogens (tertiary/aromatic N) is 4. The first-order valence-corrected chi connectivity index (χ1v) is 5.57. The van der Waals surface area contributed by atoms with Crippen LogP contribution in [0.4, 0.5) is 0 Å². The maximum atomic E-state index is 4.25. The number of rotatable bonds is 4. The zero-order valence-electron chi connectivity index (χ0n) is 9.96. The molecule has 0 saturated carbocycles. The number of nitrogens with one attached hydrogen (secondary N) is 1. The molecule has 0 amide bonds. The van der Waals surface area contributed by atoms with Crippen molar-refractivity contribution in [3.63, 3.8) is 0 Å². The minimum atomic E-state index is 0.451. The second-order valence-electron chi connectivity index (χ2n) is 4.02. The van der Waals surface area contributed by atoms with Crippen LogP contribution in [0, 0.1) is 0 Å². The monoisotopic (exact) mass is 229 g/mol. The molecule has 1 N–H and O–H groups in total. The molecule has 0 bridgehead atoms. The van der Waals surface area contributed by atoms with E-state index in [1.807, 2.05) is 0 Å². The molecule has 0 aliphatic rings. The van der Waals surface area contributed by atoms with Crippen molar-refractivity contribution in [2.75, 3.05) is 0 Å². The van der Waals surface area contributed by atoms with Gasteiger partial charge in [-0.2, -0.15) is 0 Å². The molecule has 0 aliphatic heterocycles. The Morgan fingerprint density at radius 1 is 1.00 bits per heavy atom. The van der Waals surface area contributed by atoms with Gasteiger partial charge in [0.05, 0.1) is 0 Å².